The topological polar surface area (TPSA) is 216 Å². The third-order valence-corrected chi connectivity index (χ3v) is 3.16. The quantitative estimate of drug-likeness (QED) is 0.487. The van der Waals surface area contributed by atoms with Gasteiger partial charge in [-0.15, -0.1) is 0 Å². The minimum absolute atomic E-state index is 0.0772. The largest absolute Gasteiger partial charge is 0.437 e. The second-order valence-corrected chi connectivity index (χ2v) is 4.61. The third-order valence-electron chi connectivity index (χ3n) is 3.16. The molecular weight excluding hydrogens is 350 g/mol. The summed E-state index contributed by atoms with van der Waals surface area (Å²) in [5.74, 6) is 0. The summed E-state index contributed by atoms with van der Waals surface area (Å²) >= 11 is 0. The number of benzene rings is 1. The van der Waals surface area contributed by atoms with Crippen LogP contribution in [0.25, 0.3) is 0 Å². The Hall–Kier alpha value is -3.78. The molecule has 0 aromatic heterocycles. The second kappa shape index (κ2) is 7.20. The van der Waals surface area contributed by atoms with E-state index in [-0.39, 0.29) is 6.42 Å². The molecule has 0 saturated heterocycles. The fourth-order valence-corrected chi connectivity index (χ4v) is 2.24. The van der Waals surface area contributed by atoms with Crippen LogP contribution in [0.3, 0.4) is 0 Å². The Morgan fingerprint density at radius 1 is 0.600 bits per heavy atom. The first-order chi connectivity index (χ1) is 11.6. The summed E-state index contributed by atoms with van der Waals surface area (Å²) in [5.41, 5.74) is -9.25. The average Bonchev–Trinajstić information content (AvgIpc) is 2.49. The summed E-state index contributed by atoms with van der Waals surface area (Å²) in [6.07, 6.45) is -0.0382. The highest BCUT2D eigenvalue weighted by Crippen LogP contribution is 2.51. The molecule has 0 spiro atoms. The molecule has 0 atom stereocenters. The van der Waals surface area contributed by atoms with Gasteiger partial charge in [0.1, 0.15) is 5.56 Å². The molecule has 25 heavy (non-hydrogen) atoms. The number of nitro groups is 5. The first-order valence-electron chi connectivity index (χ1n) is 6.50. The lowest BCUT2D eigenvalue weighted by molar-refractivity contribution is -0.460. The van der Waals surface area contributed by atoms with Crippen LogP contribution >= 0.6 is 0 Å². The van der Waals surface area contributed by atoms with Gasteiger partial charge in [-0.1, -0.05) is 13.3 Å². The highest BCUT2D eigenvalue weighted by atomic mass is 16.7. The number of unbranched alkanes of at least 4 members (excludes halogenated alkanes) is 1. The maximum absolute atomic E-state index is 11.2. The lowest BCUT2D eigenvalue weighted by atomic mass is 10.00. The summed E-state index contributed by atoms with van der Waals surface area (Å²) in [7, 11) is 0. The summed E-state index contributed by atoms with van der Waals surface area (Å²) in [6.45, 7) is 1.60. The normalized spacial score (nSPS) is 10.3. The van der Waals surface area contributed by atoms with Crippen molar-refractivity contribution in [3.05, 3.63) is 56.1 Å². The van der Waals surface area contributed by atoms with Crippen LogP contribution < -0.4 is 0 Å². The van der Waals surface area contributed by atoms with Gasteiger partial charge in [-0.05, 0) is 12.8 Å². The highest BCUT2D eigenvalue weighted by Gasteiger charge is 2.53. The van der Waals surface area contributed by atoms with Crippen molar-refractivity contribution < 1.29 is 24.6 Å². The molecule has 0 N–H and O–H groups in total. The van der Waals surface area contributed by atoms with Gasteiger partial charge >= 0.3 is 28.4 Å². The van der Waals surface area contributed by atoms with Gasteiger partial charge in [0.05, 0.1) is 24.6 Å². The zero-order chi connectivity index (χ0) is 19.5. The zero-order valence-corrected chi connectivity index (χ0v) is 12.4. The Labute approximate surface area is 136 Å². The van der Waals surface area contributed by atoms with Crippen molar-refractivity contribution >= 4 is 28.4 Å². The average molecular weight is 359 g/mol. The molecule has 0 amide bonds. The second-order valence-electron chi connectivity index (χ2n) is 4.61. The van der Waals surface area contributed by atoms with Gasteiger partial charge in [0, 0.05) is 0 Å². The van der Waals surface area contributed by atoms with E-state index in [4.69, 9.17) is 0 Å². The summed E-state index contributed by atoms with van der Waals surface area (Å²) < 4.78 is 0. The maximum atomic E-state index is 11.2. The van der Waals surface area contributed by atoms with Crippen LogP contribution in [0.15, 0.2) is 0 Å². The Bertz CT molecular complexity index is 751. The van der Waals surface area contributed by atoms with Crippen molar-refractivity contribution in [2.75, 3.05) is 0 Å². The van der Waals surface area contributed by atoms with Crippen molar-refractivity contribution in [1.29, 1.82) is 0 Å². The van der Waals surface area contributed by atoms with Crippen molar-refractivity contribution in [2.24, 2.45) is 0 Å². The zero-order valence-electron chi connectivity index (χ0n) is 12.4. The van der Waals surface area contributed by atoms with Crippen LogP contribution in [0.4, 0.5) is 28.4 Å². The molecule has 1 aromatic carbocycles. The van der Waals surface area contributed by atoms with E-state index in [2.05, 4.69) is 0 Å². The minimum atomic E-state index is -1.89. The van der Waals surface area contributed by atoms with Crippen LogP contribution in [0.2, 0.25) is 0 Å². The van der Waals surface area contributed by atoms with E-state index < -0.39 is 65.0 Å². The molecule has 1 rings (SSSR count). The Morgan fingerprint density at radius 3 is 1.12 bits per heavy atom. The SMILES string of the molecule is CCCCc1c([N+](=O)[O-])c([N+](=O)[O-])c([N+](=O)[O-])c([N+](=O)[O-])c1[N+](=O)[O-]. The minimum Gasteiger partial charge on any atom is -0.258 e. The molecule has 1 aromatic rings. The number of nitrogens with zero attached hydrogens (tertiary/aromatic N) is 5. The highest BCUT2D eigenvalue weighted by molar-refractivity contribution is 5.85. The van der Waals surface area contributed by atoms with Crippen molar-refractivity contribution in [1.82, 2.24) is 0 Å². The van der Waals surface area contributed by atoms with E-state index in [1.54, 1.807) is 6.92 Å². The number of hydrogen-bond donors (Lipinski definition) is 0. The first-order valence-corrected chi connectivity index (χ1v) is 6.50. The monoisotopic (exact) mass is 359 g/mol. The van der Waals surface area contributed by atoms with Crippen LogP contribution in [-0.2, 0) is 6.42 Å². The Kier molecular flexibility index (Phi) is 5.55. The van der Waals surface area contributed by atoms with Crippen molar-refractivity contribution in [3.8, 4) is 0 Å². The van der Waals surface area contributed by atoms with Gasteiger partial charge in [0.2, 0.25) is 0 Å². The fraction of sp³-hybridized carbons (Fsp3) is 0.400. The molecule has 0 aliphatic heterocycles. The van der Waals surface area contributed by atoms with E-state index >= 15 is 0 Å². The molecule has 0 unspecified atom stereocenters. The molecule has 0 saturated carbocycles. The molecular formula is C10H9N5O10. The van der Waals surface area contributed by atoms with Gasteiger partial charge in [0.25, 0.3) is 0 Å². The van der Waals surface area contributed by atoms with Crippen molar-refractivity contribution in [2.45, 2.75) is 26.2 Å². The number of rotatable bonds is 8. The molecule has 0 aliphatic carbocycles. The van der Waals surface area contributed by atoms with Gasteiger partial charge < -0.3 is 0 Å². The molecule has 0 aliphatic rings. The van der Waals surface area contributed by atoms with E-state index in [1.165, 1.54) is 0 Å². The molecule has 0 heterocycles. The molecule has 0 fully saturated rings. The smallest absolute Gasteiger partial charge is 0.258 e. The van der Waals surface area contributed by atoms with Crippen LogP contribution in [0.1, 0.15) is 25.3 Å². The number of nitro benzene ring substituents is 5. The van der Waals surface area contributed by atoms with Crippen LogP contribution in [0.5, 0.6) is 0 Å². The van der Waals surface area contributed by atoms with Crippen LogP contribution in [-0.4, -0.2) is 24.6 Å². The predicted octanol–water partition coefficient (Wildman–Crippen LogP) is 2.57. The van der Waals surface area contributed by atoms with Crippen LogP contribution in [0, 0.1) is 50.6 Å². The molecule has 0 bridgehead atoms. The molecule has 15 nitrogen and oxygen atoms in total. The molecule has 134 valence electrons. The van der Waals surface area contributed by atoms with E-state index in [0.29, 0.717) is 6.42 Å². The third kappa shape index (κ3) is 3.43. The molecule has 15 heteroatoms. The van der Waals surface area contributed by atoms with E-state index in [1.807, 2.05) is 0 Å². The van der Waals surface area contributed by atoms with Gasteiger partial charge in [-0.3, -0.25) is 50.6 Å². The summed E-state index contributed by atoms with van der Waals surface area (Å²) in [4.78, 5) is 48.4. The summed E-state index contributed by atoms with van der Waals surface area (Å²) in [5, 5.41) is 55.8. The van der Waals surface area contributed by atoms with Crippen molar-refractivity contribution in [3.63, 3.8) is 0 Å². The van der Waals surface area contributed by atoms with Gasteiger partial charge in [0.15, 0.2) is 0 Å². The Morgan fingerprint density at radius 2 is 0.880 bits per heavy atom. The predicted molar refractivity (Wildman–Crippen MR) is 78.3 cm³/mol. The maximum Gasteiger partial charge on any atom is 0.437 e. The van der Waals surface area contributed by atoms with Gasteiger partial charge in [-0.25, -0.2) is 0 Å². The summed E-state index contributed by atoms with van der Waals surface area (Å²) in [6, 6.07) is 0. The van der Waals surface area contributed by atoms with E-state index in [0.717, 1.165) is 0 Å². The lowest BCUT2D eigenvalue weighted by Gasteiger charge is -2.06. The first kappa shape index (κ1) is 19.3. The standard InChI is InChI=1S/C10H9N5O10/c1-2-3-4-5-6(11(16)17)8(13(20)21)10(15(24)25)9(14(22)23)7(5)12(18)19/h2-4H2,1H3. The Balaban J connectivity index is 4.29. The number of hydrogen-bond acceptors (Lipinski definition) is 10. The van der Waals surface area contributed by atoms with E-state index in [9.17, 15) is 50.6 Å². The van der Waals surface area contributed by atoms with Gasteiger partial charge in [-0.2, -0.15) is 0 Å². The fourth-order valence-electron chi connectivity index (χ4n) is 2.24. The molecule has 0 radical (unpaired) electrons. The lowest BCUT2D eigenvalue weighted by Crippen LogP contribution is -2.11.